The van der Waals surface area contributed by atoms with Crippen LogP contribution in [0.25, 0.3) is 33.3 Å². The van der Waals surface area contributed by atoms with Crippen LogP contribution in [0.4, 0.5) is 24.7 Å². The van der Waals surface area contributed by atoms with E-state index < -0.39 is 18.6 Å². The Kier molecular flexibility index (Phi) is 7.26. The molecule has 4 aromatic rings. The van der Waals surface area contributed by atoms with E-state index in [0.717, 1.165) is 6.08 Å². The van der Waals surface area contributed by atoms with E-state index in [4.69, 9.17) is 10.5 Å². The van der Waals surface area contributed by atoms with Gasteiger partial charge in [0.2, 0.25) is 5.91 Å². The zero-order chi connectivity index (χ0) is 28.3. The van der Waals surface area contributed by atoms with Gasteiger partial charge >= 0.3 is 6.18 Å². The second-order valence-corrected chi connectivity index (χ2v) is 8.28. The molecule has 0 fully saturated rings. The van der Waals surface area contributed by atoms with Gasteiger partial charge in [-0.25, -0.2) is 4.98 Å². The molecule has 0 aliphatic rings. The maximum atomic E-state index is 12.6. The molecule has 39 heavy (non-hydrogen) atoms. The number of aromatic amines is 1. The first-order valence-corrected chi connectivity index (χ1v) is 11.3. The van der Waals surface area contributed by atoms with Crippen LogP contribution in [0.5, 0.6) is 5.75 Å². The van der Waals surface area contributed by atoms with Crippen molar-refractivity contribution in [2.24, 2.45) is 0 Å². The first-order valence-electron chi connectivity index (χ1n) is 11.3. The van der Waals surface area contributed by atoms with Crippen molar-refractivity contribution in [1.82, 2.24) is 15.3 Å². The Morgan fingerprint density at radius 3 is 2.51 bits per heavy atom. The molecule has 2 heterocycles. The summed E-state index contributed by atoms with van der Waals surface area (Å²) in [5, 5.41) is 14.6. The van der Waals surface area contributed by atoms with Crippen molar-refractivity contribution in [2.75, 3.05) is 24.7 Å². The Morgan fingerprint density at radius 1 is 1.21 bits per heavy atom. The number of aromatic nitrogens is 2. The summed E-state index contributed by atoms with van der Waals surface area (Å²) in [5.74, 6) is -1.18. The molecule has 12 heteroatoms. The lowest BCUT2D eigenvalue weighted by Crippen LogP contribution is -2.33. The Labute approximate surface area is 220 Å². The van der Waals surface area contributed by atoms with Gasteiger partial charge in [0.15, 0.2) is 0 Å². The van der Waals surface area contributed by atoms with E-state index in [0.29, 0.717) is 39.0 Å². The summed E-state index contributed by atoms with van der Waals surface area (Å²) in [6.07, 6.45) is -2.09. The van der Waals surface area contributed by atoms with E-state index in [1.165, 1.54) is 31.5 Å². The van der Waals surface area contributed by atoms with E-state index >= 15 is 0 Å². The minimum atomic E-state index is -4.57. The van der Waals surface area contributed by atoms with E-state index in [1.807, 2.05) is 5.32 Å². The maximum Gasteiger partial charge on any atom is 0.405 e. The lowest BCUT2D eigenvalue weighted by molar-refractivity contribution is -0.123. The lowest BCUT2D eigenvalue weighted by Gasteiger charge is -2.13. The van der Waals surface area contributed by atoms with Crippen molar-refractivity contribution in [3.05, 3.63) is 72.4 Å². The zero-order valence-corrected chi connectivity index (χ0v) is 20.4. The molecular formula is C27H21F3N6O3. The van der Waals surface area contributed by atoms with Gasteiger partial charge in [0.25, 0.3) is 5.91 Å². The molecule has 4 rings (SSSR count). The Hall–Kier alpha value is -5.31. The minimum absolute atomic E-state index is 0.0259. The predicted molar refractivity (Wildman–Crippen MR) is 140 cm³/mol. The summed E-state index contributed by atoms with van der Waals surface area (Å²) in [5.41, 5.74) is 9.53. The highest BCUT2D eigenvalue weighted by Gasteiger charge is 2.29. The summed E-state index contributed by atoms with van der Waals surface area (Å²) < 4.78 is 43.2. The summed E-state index contributed by atoms with van der Waals surface area (Å²) in [6, 6.07) is 13.3. The standard InChI is InChI=1S/C27H21F3N6O3/c1-3-20(37)35-17-7-4-14(5-8-17)23-21(22-24(36-23)16(11-31)12-33-25(22)32)15-6-9-18(19(10-15)39-2)26(38)34-13-27(28,29)30/h3-10,12,36H,1,13H2,2H3,(H2,32,33)(H,34,38)(H,35,37). The van der Waals surface area contributed by atoms with Crippen LogP contribution in [0.2, 0.25) is 0 Å². The molecule has 0 radical (unpaired) electrons. The molecule has 198 valence electrons. The number of benzene rings is 2. The molecule has 5 N–H and O–H groups in total. The Balaban J connectivity index is 1.88. The summed E-state index contributed by atoms with van der Waals surface area (Å²) in [4.78, 5) is 31.5. The monoisotopic (exact) mass is 534 g/mol. The van der Waals surface area contributed by atoms with Crippen molar-refractivity contribution < 1.29 is 27.5 Å². The number of anilines is 2. The fourth-order valence-electron chi connectivity index (χ4n) is 4.03. The number of nitrogens with one attached hydrogen (secondary N) is 3. The number of hydrogen-bond donors (Lipinski definition) is 4. The fourth-order valence-corrected chi connectivity index (χ4v) is 4.03. The second kappa shape index (κ2) is 10.6. The molecule has 0 saturated heterocycles. The zero-order valence-electron chi connectivity index (χ0n) is 20.4. The van der Waals surface area contributed by atoms with Gasteiger partial charge < -0.3 is 26.1 Å². The third-order valence-corrected chi connectivity index (χ3v) is 5.79. The smallest absolute Gasteiger partial charge is 0.405 e. The molecule has 9 nitrogen and oxygen atoms in total. The number of methoxy groups -OCH3 is 1. The number of pyridine rings is 1. The lowest BCUT2D eigenvalue weighted by atomic mass is 9.96. The SMILES string of the molecule is C=CC(=O)Nc1ccc(-c2[nH]c3c(C#N)cnc(N)c3c2-c2ccc(C(=O)NCC(F)(F)F)c(OC)c2)cc1. The van der Waals surface area contributed by atoms with Crippen LogP contribution in [0.15, 0.2) is 61.3 Å². The minimum Gasteiger partial charge on any atom is -0.496 e. The summed E-state index contributed by atoms with van der Waals surface area (Å²) in [7, 11) is 1.29. The van der Waals surface area contributed by atoms with Gasteiger partial charge in [0.05, 0.1) is 34.8 Å². The van der Waals surface area contributed by atoms with Crippen molar-refractivity contribution in [3.8, 4) is 34.2 Å². The third-order valence-electron chi connectivity index (χ3n) is 5.79. The van der Waals surface area contributed by atoms with E-state index in [2.05, 4.69) is 27.9 Å². The van der Waals surface area contributed by atoms with Gasteiger partial charge in [0.1, 0.15) is 24.2 Å². The van der Waals surface area contributed by atoms with Gasteiger partial charge in [-0.1, -0.05) is 24.8 Å². The Morgan fingerprint density at radius 2 is 1.90 bits per heavy atom. The maximum absolute atomic E-state index is 12.6. The molecule has 0 aliphatic carbocycles. The van der Waals surface area contributed by atoms with Gasteiger partial charge in [-0.2, -0.15) is 18.4 Å². The molecule has 2 aromatic carbocycles. The fraction of sp³-hybridized carbons (Fsp3) is 0.111. The normalized spacial score (nSPS) is 11.1. The van der Waals surface area contributed by atoms with Gasteiger partial charge in [-0.15, -0.1) is 0 Å². The van der Waals surface area contributed by atoms with E-state index in [-0.39, 0.29) is 28.6 Å². The number of H-pyrrole nitrogens is 1. The van der Waals surface area contributed by atoms with Crippen LogP contribution in [0.3, 0.4) is 0 Å². The van der Waals surface area contributed by atoms with E-state index in [9.17, 15) is 28.0 Å². The number of carbonyl (C=O) groups excluding carboxylic acids is 2. The van der Waals surface area contributed by atoms with Crippen LogP contribution >= 0.6 is 0 Å². The molecule has 0 aliphatic heterocycles. The summed E-state index contributed by atoms with van der Waals surface area (Å²) >= 11 is 0. The number of halogens is 3. The predicted octanol–water partition coefficient (Wildman–Crippen LogP) is 4.78. The van der Waals surface area contributed by atoms with Crippen LogP contribution in [0.1, 0.15) is 15.9 Å². The topological polar surface area (TPSA) is 146 Å². The highest BCUT2D eigenvalue weighted by atomic mass is 19.4. The summed E-state index contributed by atoms with van der Waals surface area (Å²) in [6.45, 7) is 1.93. The van der Waals surface area contributed by atoms with Crippen LogP contribution in [-0.2, 0) is 4.79 Å². The molecule has 0 spiro atoms. The number of nitrogens with zero attached hydrogens (tertiary/aromatic N) is 2. The van der Waals surface area contributed by atoms with Gasteiger partial charge in [-0.05, 0) is 41.5 Å². The quantitative estimate of drug-likeness (QED) is 0.251. The molecule has 2 aromatic heterocycles. The van der Waals surface area contributed by atoms with Crippen LogP contribution in [0, 0.1) is 11.3 Å². The number of rotatable bonds is 7. The largest absolute Gasteiger partial charge is 0.496 e. The molecular weight excluding hydrogens is 513 g/mol. The second-order valence-electron chi connectivity index (χ2n) is 8.28. The first-order chi connectivity index (χ1) is 18.6. The van der Waals surface area contributed by atoms with Crippen molar-refractivity contribution in [2.45, 2.75) is 6.18 Å². The number of nitrogens with two attached hydrogens (primary N) is 1. The number of alkyl halides is 3. The van der Waals surface area contributed by atoms with Crippen molar-refractivity contribution in [3.63, 3.8) is 0 Å². The van der Waals surface area contributed by atoms with Crippen molar-refractivity contribution in [1.29, 1.82) is 5.26 Å². The number of fused-ring (bicyclic) bond motifs is 1. The average molecular weight is 534 g/mol. The molecule has 0 bridgehead atoms. The average Bonchev–Trinajstić information content (AvgIpc) is 3.33. The highest BCUT2D eigenvalue weighted by molar-refractivity contribution is 6.10. The van der Waals surface area contributed by atoms with Crippen LogP contribution < -0.4 is 21.1 Å². The number of hydrogen-bond acceptors (Lipinski definition) is 6. The van der Waals surface area contributed by atoms with Gasteiger partial charge in [-0.3, -0.25) is 9.59 Å². The van der Waals surface area contributed by atoms with E-state index in [1.54, 1.807) is 24.3 Å². The number of amides is 2. The highest BCUT2D eigenvalue weighted by Crippen LogP contribution is 2.42. The number of carbonyl (C=O) groups is 2. The van der Waals surface area contributed by atoms with Gasteiger partial charge in [0, 0.05) is 17.4 Å². The number of nitriles is 1. The molecule has 0 saturated carbocycles. The third kappa shape index (κ3) is 5.52. The van der Waals surface area contributed by atoms with Crippen molar-refractivity contribution >= 4 is 34.2 Å². The number of nitrogen functional groups attached to an aromatic ring is 1. The molecule has 2 amide bonds. The Bertz CT molecular complexity index is 1640. The molecule has 0 atom stereocenters. The molecule has 0 unspecified atom stereocenters. The van der Waals surface area contributed by atoms with Crippen LogP contribution in [-0.4, -0.2) is 41.6 Å². The first kappa shape index (κ1) is 26.7. The number of ether oxygens (including phenoxy) is 1.